The van der Waals surface area contributed by atoms with Gasteiger partial charge in [0.25, 0.3) is 5.91 Å². The Hall–Kier alpha value is -2.17. The van der Waals surface area contributed by atoms with Gasteiger partial charge in [-0.3, -0.25) is 14.4 Å². The summed E-state index contributed by atoms with van der Waals surface area (Å²) >= 11 is 0. The fraction of sp³-hybridized carbons (Fsp3) is 0.526. The Labute approximate surface area is 143 Å². The molecule has 2 rings (SSSR count). The molecule has 1 aliphatic rings. The van der Waals surface area contributed by atoms with Gasteiger partial charge >= 0.3 is 0 Å². The van der Waals surface area contributed by atoms with E-state index in [9.17, 15) is 14.4 Å². The van der Waals surface area contributed by atoms with E-state index in [1.54, 1.807) is 21.9 Å². The number of benzene rings is 1. The molecule has 130 valence electrons. The third-order valence-electron chi connectivity index (χ3n) is 4.76. The summed E-state index contributed by atoms with van der Waals surface area (Å²) in [5.74, 6) is -0.876. The molecule has 0 aromatic heterocycles. The molecular formula is C19H26N2O3. The van der Waals surface area contributed by atoms with E-state index in [1.165, 1.54) is 0 Å². The highest BCUT2D eigenvalue weighted by Crippen LogP contribution is 2.21. The Bertz CT molecular complexity index is 614. The van der Waals surface area contributed by atoms with Gasteiger partial charge in [-0.05, 0) is 33.6 Å². The van der Waals surface area contributed by atoms with Crippen LogP contribution in [0.1, 0.15) is 42.6 Å². The first-order valence-corrected chi connectivity index (χ1v) is 8.48. The van der Waals surface area contributed by atoms with Crippen LogP contribution < -0.4 is 0 Å². The smallest absolute Gasteiger partial charge is 0.294 e. The van der Waals surface area contributed by atoms with E-state index in [0.29, 0.717) is 31.5 Å². The minimum atomic E-state index is -0.473. The summed E-state index contributed by atoms with van der Waals surface area (Å²) in [6, 6.07) is 7.19. The molecule has 0 N–H and O–H groups in total. The van der Waals surface area contributed by atoms with Crippen molar-refractivity contribution in [2.45, 2.75) is 39.7 Å². The number of carbonyl (C=O) groups is 3. The Morgan fingerprint density at radius 3 is 2.12 bits per heavy atom. The van der Waals surface area contributed by atoms with E-state index in [2.05, 4.69) is 0 Å². The Balaban J connectivity index is 1.94. The van der Waals surface area contributed by atoms with Crippen molar-refractivity contribution in [1.82, 2.24) is 9.80 Å². The van der Waals surface area contributed by atoms with Gasteiger partial charge < -0.3 is 9.80 Å². The van der Waals surface area contributed by atoms with Crippen LogP contribution in [-0.4, -0.2) is 53.6 Å². The van der Waals surface area contributed by atoms with Crippen molar-refractivity contribution in [3.8, 4) is 0 Å². The minimum absolute atomic E-state index is 0.0593. The number of rotatable bonds is 4. The lowest BCUT2D eigenvalue weighted by atomic mass is 9.94. The number of Topliss-reactive ketones (excluding diaryl/α,β-unsaturated/α-hetero) is 1. The van der Waals surface area contributed by atoms with E-state index in [4.69, 9.17) is 0 Å². The second-order valence-corrected chi connectivity index (χ2v) is 6.80. The molecule has 0 atom stereocenters. The predicted molar refractivity (Wildman–Crippen MR) is 92.7 cm³/mol. The maximum absolute atomic E-state index is 12.4. The summed E-state index contributed by atoms with van der Waals surface area (Å²) in [6.45, 7) is 6.82. The normalized spacial score (nSPS) is 15.5. The van der Waals surface area contributed by atoms with Gasteiger partial charge in [-0.15, -0.1) is 0 Å². The number of hydrogen-bond donors (Lipinski definition) is 0. The van der Waals surface area contributed by atoms with Crippen LogP contribution in [0.3, 0.4) is 0 Å². The minimum Gasteiger partial charge on any atom is -0.343 e. The Morgan fingerprint density at radius 1 is 1.08 bits per heavy atom. The summed E-state index contributed by atoms with van der Waals surface area (Å²) in [6.07, 6.45) is 1.23. The summed E-state index contributed by atoms with van der Waals surface area (Å²) in [7, 11) is 1.81. The molecule has 5 nitrogen and oxygen atoms in total. The molecule has 5 heteroatoms. The van der Waals surface area contributed by atoms with Crippen molar-refractivity contribution in [2.75, 3.05) is 20.1 Å². The van der Waals surface area contributed by atoms with Gasteiger partial charge in [-0.1, -0.05) is 29.8 Å². The van der Waals surface area contributed by atoms with E-state index in [0.717, 1.165) is 5.56 Å². The van der Waals surface area contributed by atoms with Crippen LogP contribution in [0.4, 0.5) is 0 Å². The maximum atomic E-state index is 12.4. The highest BCUT2D eigenvalue weighted by Gasteiger charge is 2.32. The van der Waals surface area contributed by atoms with Crippen LogP contribution >= 0.6 is 0 Å². The van der Waals surface area contributed by atoms with Crippen LogP contribution in [0, 0.1) is 12.8 Å². The lowest BCUT2D eigenvalue weighted by Gasteiger charge is -2.34. The molecular weight excluding hydrogens is 304 g/mol. The molecule has 0 radical (unpaired) electrons. The average molecular weight is 330 g/mol. The van der Waals surface area contributed by atoms with Gasteiger partial charge in [0.05, 0.1) is 0 Å². The van der Waals surface area contributed by atoms with Gasteiger partial charge in [-0.25, -0.2) is 0 Å². The van der Waals surface area contributed by atoms with Crippen molar-refractivity contribution in [1.29, 1.82) is 0 Å². The first-order chi connectivity index (χ1) is 11.3. The maximum Gasteiger partial charge on any atom is 0.294 e. The Morgan fingerprint density at radius 2 is 1.62 bits per heavy atom. The molecule has 0 unspecified atom stereocenters. The molecule has 0 bridgehead atoms. The quantitative estimate of drug-likeness (QED) is 0.629. The SMILES string of the molecule is Cc1ccc(C(=O)C(=O)N2CCC(C(=O)N(C)C(C)C)CC2)cc1. The topological polar surface area (TPSA) is 57.7 Å². The standard InChI is InChI=1S/C19H26N2O3/c1-13(2)20(4)18(23)16-9-11-21(12-10-16)19(24)17(22)15-7-5-14(3)6-8-15/h5-8,13,16H,9-12H2,1-4H3. The molecule has 24 heavy (non-hydrogen) atoms. The second kappa shape index (κ2) is 7.60. The number of piperidine rings is 1. The van der Waals surface area contributed by atoms with Gasteiger partial charge in [-0.2, -0.15) is 0 Å². The molecule has 0 aliphatic carbocycles. The molecule has 0 saturated carbocycles. The fourth-order valence-electron chi connectivity index (χ4n) is 2.84. The molecule has 1 aromatic carbocycles. The van der Waals surface area contributed by atoms with E-state index < -0.39 is 11.7 Å². The summed E-state index contributed by atoms with van der Waals surface area (Å²) < 4.78 is 0. The zero-order valence-electron chi connectivity index (χ0n) is 14.9. The monoisotopic (exact) mass is 330 g/mol. The third kappa shape index (κ3) is 4.02. The first-order valence-electron chi connectivity index (χ1n) is 8.48. The molecule has 1 heterocycles. The van der Waals surface area contributed by atoms with Crippen molar-refractivity contribution in [2.24, 2.45) is 5.92 Å². The summed E-state index contributed by atoms with van der Waals surface area (Å²) in [5, 5.41) is 0. The predicted octanol–water partition coefficient (Wildman–Crippen LogP) is 2.28. The van der Waals surface area contributed by atoms with Crippen molar-refractivity contribution in [3.05, 3.63) is 35.4 Å². The molecule has 0 spiro atoms. The number of ketones is 1. The second-order valence-electron chi connectivity index (χ2n) is 6.80. The van der Waals surface area contributed by atoms with Crippen molar-refractivity contribution < 1.29 is 14.4 Å². The van der Waals surface area contributed by atoms with Crippen LogP contribution in [0.15, 0.2) is 24.3 Å². The number of carbonyl (C=O) groups excluding carboxylic acids is 3. The fourth-order valence-corrected chi connectivity index (χ4v) is 2.84. The van der Waals surface area contributed by atoms with Crippen LogP contribution in [0.5, 0.6) is 0 Å². The largest absolute Gasteiger partial charge is 0.343 e. The van der Waals surface area contributed by atoms with Gasteiger partial charge in [0.2, 0.25) is 11.7 Å². The number of nitrogens with zero attached hydrogens (tertiary/aromatic N) is 2. The molecule has 1 aliphatic heterocycles. The number of amides is 2. The Kier molecular flexibility index (Phi) is 5.75. The highest BCUT2D eigenvalue weighted by atomic mass is 16.2. The summed E-state index contributed by atoms with van der Waals surface area (Å²) in [4.78, 5) is 40.4. The molecule has 1 aromatic rings. The summed E-state index contributed by atoms with van der Waals surface area (Å²) in [5.41, 5.74) is 1.47. The number of likely N-dealkylation sites (tertiary alicyclic amines) is 1. The van der Waals surface area contributed by atoms with Crippen molar-refractivity contribution in [3.63, 3.8) is 0 Å². The van der Waals surface area contributed by atoms with Crippen LogP contribution in [-0.2, 0) is 9.59 Å². The third-order valence-corrected chi connectivity index (χ3v) is 4.76. The highest BCUT2D eigenvalue weighted by molar-refractivity contribution is 6.42. The van der Waals surface area contributed by atoms with Gasteiger partial charge in [0.15, 0.2) is 0 Å². The van der Waals surface area contributed by atoms with E-state index in [-0.39, 0.29) is 17.9 Å². The average Bonchev–Trinajstić information content (AvgIpc) is 2.60. The van der Waals surface area contributed by atoms with Gasteiger partial charge in [0, 0.05) is 37.7 Å². The zero-order chi connectivity index (χ0) is 17.9. The van der Waals surface area contributed by atoms with Gasteiger partial charge in [0.1, 0.15) is 0 Å². The lowest BCUT2D eigenvalue weighted by Crippen LogP contribution is -2.46. The lowest BCUT2D eigenvalue weighted by molar-refractivity contribution is -0.139. The first kappa shape index (κ1) is 18.2. The van der Waals surface area contributed by atoms with E-state index in [1.807, 2.05) is 40.0 Å². The number of aryl methyl sites for hydroxylation is 1. The van der Waals surface area contributed by atoms with Crippen LogP contribution in [0.2, 0.25) is 0 Å². The van der Waals surface area contributed by atoms with Crippen molar-refractivity contribution >= 4 is 17.6 Å². The van der Waals surface area contributed by atoms with Crippen LogP contribution in [0.25, 0.3) is 0 Å². The van der Waals surface area contributed by atoms with E-state index >= 15 is 0 Å². The molecule has 1 fully saturated rings. The number of hydrogen-bond acceptors (Lipinski definition) is 3. The molecule has 2 amide bonds. The molecule has 1 saturated heterocycles. The zero-order valence-corrected chi connectivity index (χ0v) is 14.9.